The Labute approximate surface area is 155 Å². The molecule has 2 aromatic heterocycles. The second-order valence-electron chi connectivity index (χ2n) is 6.01. The number of aromatic nitrogens is 6. The van der Waals surface area contributed by atoms with E-state index in [2.05, 4.69) is 25.9 Å². The van der Waals surface area contributed by atoms with E-state index in [0.29, 0.717) is 18.7 Å². The highest BCUT2D eigenvalue weighted by molar-refractivity contribution is 5.94. The zero-order valence-corrected chi connectivity index (χ0v) is 14.4. The van der Waals surface area contributed by atoms with Crippen molar-refractivity contribution in [2.45, 2.75) is 13.1 Å². The van der Waals surface area contributed by atoms with Gasteiger partial charge < -0.3 is 5.32 Å². The van der Waals surface area contributed by atoms with Gasteiger partial charge in [-0.2, -0.15) is 5.10 Å². The van der Waals surface area contributed by atoms with Crippen LogP contribution in [-0.4, -0.2) is 35.9 Å². The summed E-state index contributed by atoms with van der Waals surface area (Å²) in [6.07, 6.45) is 5.17. The van der Waals surface area contributed by atoms with Crippen LogP contribution >= 0.6 is 0 Å². The highest BCUT2D eigenvalue weighted by Crippen LogP contribution is 2.10. The van der Waals surface area contributed by atoms with Crippen LogP contribution in [0.1, 0.15) is 21.5 Å². The van der Waals surface area contributed by atoms with E-state index in [1.54, 1.807) is 34.0 Å². The molecule has 134 valence electrons. The molecule has 0 bridgehead atoms. The fraction of sp³-hybridized carbons (Fsp3) is 0.105. The number of amides is 1. The Bertz CT molecular complexity index is 1010. The van der Waals surface area contributed by atoms with Crippen molar-refractivity contribution < 1.29 is 4.79 Å². The number of benzene rings is 2. The van der Waals surface area contributed by atoms with Gasteiger partial charge in [0.25, 0.3) is 5.91 Å². The molecule has 0 atom stereocenters. The lowest BCUT2D eigenvalue weighted by Crippen LogP contribution is -2.22. The first-order valence-corrected chi connectivity index (χ1v) is 8.45. The molecule has 0 aliphatic heterocycles. The molecule has 0 aliphatic carbocycles. The second-order valence-corrected chi connectivity index (χ2v) is 6.01. The molecule has 4 aromatic rings. The summed E-state index contributed by atoms with van der Waals surface area (Å²) >= 11 is 0. The van der Waals surface area contributed by atoms with E-state index in [0.717, 1.165) is 16.8 Å². The third kappa shape index (κ3) is 4.06. The Balaban J connectivity index is 1.37. The zero-order chi connectivity index (χ0) is 18.5. The van der Waals surface area contributed by atoms with Crippen LogP contribution in [0.4, 0.5) is 0 Å². The monoisotopic (exact) mass is 359 g/mol. The van der Waals surface area contributed by atoms with E-state index in [9.17, 15) is 4.79 Å². The quantitative estimate of drug-likeness (QED) is 0.567. The number of nitrogens with one attached hydrogen (secondary N) is 1. The minimum absolute atomic E-state index is 0.117. The molecule has 1 amide bonds. The van der Waals surface area contributed by atoms with Crippen molar-refractivity contribution in [2.24, 2.45) is 0 Å². The summed E-state index contributed by atoms with van der Waals surface area (Å²) in [7, 11) is 0. The molecule has 8 nitrogen and oxygen atoms in total. The van der Waals surface area contributed by atoms with Gasteiger partial charge in [0.1, 0.15) is 6.33 Å². The molecule has 0 fully saturated rings. The largest absolute Gasteiger partial charge is 0.348 e. The fourth-order valence-electron chi connectivity index (χ4n) is 2.72. The molecule has 4 rings (SSSR count). The van der Waals surface area contributed by atoms with Gasteiger partial charge in [-0.05, 0) is 51.9 Å². The number of nitrogens with zero attached hydrogens (tertiary/aromatic N) is 6. The summed E-state index contributed by atoms with van der Waals surface area (Å²) < 4.78 is 3.41. The molecular weight excluding hydrogens is 342 g/mol. The van der Waals surface area contributed by atoms with E-state index >= 15 is 0 Å². The highest BCUT2D eigenvalue weighted by atomic mass is 16.1. The van der Waals surface area contributed by atoms with Crippen molar-refractivity contribution in [1.29, 1.82) is 0 Å². The summed E-state index contributed by atoms with van der Waals surface area (Å²) in [6, 6.07) is 17.2. The van der Waals surface area contributed by atoms with E-state index in [1.165, 1.54) is 0 Å². The Morgan fingerprint density at radius 1 is 1.04 bits per heavy atom. The third-order valence-electron chi connectivity index (χ3n) is 4.08. The van der Waals surface area contributed by atoms with Crippen LogP contribution in [-0.2, 0) is 13.1 Å². The minimum atomic E-state index is -0.117. The first-order chi connectivity index (χ1) is 13.3. The number of hydrogen-bond donors (Lipinski definition) is 1. The van der Waals surface area contributed by atoms with Gasteiger partial charge in [0, 0.05) is 24.5 Å². The molecule has 27 heavy (non-hydrogen) atoms. The lowest BCUT2D eigenvalue weighted by Gasteiger charge is -2.08. The van der Waals surface area contributed by atoms with Gasteiger partial charge >= 0.3 is 0 Å². The van der Waals surface area contributed by atoms with Gasteiger partial charge in [0.05, 0.1) is 12.2 Å². The maximum absolute atomic E-state index is 12.4. The van der Waals surface area contributed by atoms with Crippen LogP contribution in [0.15, 0.2) is 73.3 Å². The molecule has 2 aromatic carbocycles. The van der Waals surface area contributed by atoms with E-state index in [1.807, 2.05) is 48.7 Å². The van der Waals surface area contributed by atoms with Crippen LogP contribution in [0.25, 0.3) is 5.69 Å². The molecule has 0 radical (unpaired) electrons. The SMILES string of the molecule is O=C(NCc1cccc(-n2cccn2)c1)c1ccc(Cn2cnnn2)cc1. The first-order valence-electron chi connectivity index (χ1n) is 8.45. The van der Waals surface area contributed by atoms with Crippen LogP contribution in [0, 0.1) is 0 Å². The average molecular weight is 359 g/mol. The molecular formula is C19H17N7O. The molecule has 0 saturated carbocycles. The van der Waals surface area contributed by atoms with Gasteiger partial charge in [-0.25, -0.2) is 9.36 Å². The Morgan fingerprint density at radius 2 is 1.93 bits per heavy atom. The lowest BCUT2D eigenvalue weighted by atomic mass is 10.1. The van der Waals surface area contributed by atoms with Gasteiger partial charge in [-0.1, -0.05) is 24.3 Å². The van der Waals surface area contributed by atoms with Crippen molar-refractivity contribution in [3.8, 4) is 5.69 Å². The molecule has 8 heteroatoms. The first kappa shape index (κ1) is 16.6. The topological polar surface area (TPSA) is 90.5 Å². The molecule has 2 heterocycles. The molecule has 0 unspecified atom stereocenters. The maximum Gasteiger partial charge on any atom is 0.251 e. The summed E-state index contributed by atoms with van der Waals surface area (Å²) in [5.41, 5.74) is 3.59. The number of carbonyl (C=O) groups is 1. The van der Waals surface area contributed by atoms with E-state index in [4.69, 9.17) is 0 Å². The zero-order valence-electron chi connectivity index (χ0n) is 14.4. The summed E-state index contributed by atoms with van der Waals surface area (Å²) in [6.45, 7) is 1.01. The lowest BCUT2D eigenvalue weighted by molar-refractivity contribution is 0.0951. The summed E-state index contributed by atoms with van der Waals surface area (Å²) in [5.74, 6) is -0.117. The van der Waals surface area contributed by atoms with Crippen molar-refractivity contribution in [3.63, 3.8) is 0 Å². The summed E-state index contributed by atoms with van der Waals surface area (Å²) in [4.78, 5) is 12.4. The smallest absolute Gasteiger partial charge is 0.251 e. The van der Waals surface area contributed by atoms with Crippen LogP contribution in [0.3, 0.4) is 0 Å². The number of tetrazole rings is 1. The predicted molar refractivity (Wildman–Crippen MR) is 98.1 cm³/mol. The van der Waals surface area contributed by atoms with Gasteiger partial charge in [0.2, 0.25) is 0 Å². The number of carbonyl (C=O) groups excluding carboxylic acids is 1. The van der Waals surface area contributed by atoms with Crippen LogP contribution < -0.4 is 5.32 Å². The standard InChI is InChI=1S/C19H17N7O/c27-19(17-7-5-15(6-8-17)13-25-14-21-23-24-25)20-12-16-3-1-4-18(11-16)26-10-2-9-22-26/h1-11,14H,12-13H2,(H,20,27). The average Bonchev–Trinajstić information content (AvgIpc) is 3.41. The Morgan fingerprint density at radius 3 is 2.67 bits per heavy atom. The molecule has 0 saturated heterocycles. The van der Waals surface area contributed by atoms with E-state index < -0.39 is 0 Å². The summed E-state index contributed by atoms with van der Waals surface area (Å²) in [5, 5.41) is 18.2. The fourth-order valence-corrected chi connectivity index (χ4v) is 2.72. The predicted octanol–water partition coefficient (Wildman–Crippen LogP) is 1.84. The van der Waals surface area contributed by atoms with Crippen molar-refractivity contribution in [3.05, 3.63) is 90.0 Å². The molecule has 0 spiro atoms. The van der Waals surface area contributed by atoms with Gasteiger partial charge in [-0.15, -0.1) is 5.10 Å². The Hall–Kier alpha value is -3.81. The van der Waals surface area contributed by atoms with Crippen LogP contribution in [0.2, 0.25) is 0 Å². The van der Waals surface area contributed by atoms with E-state index in [-0.39, 0.29) is 5.91 Å². The highest BCUT2D eigenvalue weighted by Gasteiger charge is 2.06. The third-order valence-corrected chi connectivity index (χ3v) is 4.08. The maximum atomic E-state index is 12.4. The van der Waals surface area contributed by atoms with Gasteiger partial charge in [-0.3, -0.25) is 4.79 Å². The second kappa shape index (κ2) is 7.61. The Kier molecular flexibility index (Phi) is 4.69. The van der Waals surface area contributed by atoms with Crippen LogP contribution in [0.5, 0.6) is 0 Å². The molecule has 0 aliphatic rings. The van der Waals surface area contributed by atoms with Gasteiger partial charge in [0.15, 0.2) is 0 Å². The van der Waals surface area contributed by atoms with Crippen molar-refractivity contribution in [1.82, 2.24) is 35.3 Å². The number of hydrogen-bond acceptors (Lipinski definition) is 5. The van der Waals surface area contributed by atoms with Crippen molar-refractivity contribution >= 4 is 5.91 Å². The minimum Gasteiger partial charge on any atom is -0.348 e. The number of rotatable bonds is 6. The normalized spacial score (nSPS) is 10.7. The molecule has 1 N–H and O–H groups in total. The van der Waals surface area contributed by atoms with Crippen molar-refractivity contribution in [2.75, 3.05) is 0 Å².